The molecule has 0 aliphatic heterocycles. The van der Waals surface area contributed by atoms with Gasteiger partial charge in [0.15, 0.2) is 0 Å². The van der Waals surface area contributed by atoms with Gasteiger partial charge in [-0.2, -0.15) is 0 Å². The highest BCUT2D eigenvalue weighted by Gasteiger charge is 2.70. The van der Waals surface area contributed by atoms with Gasteiger partial charge in [-0.15, -0.1) is 0 Å². The molecule has 15 heavy (non-hydrogen) atoms. The minimum Gasteiger partial charge on any atom is -0.466 e. The molecule has 0 heterocycles. The Morgan fingerprint density at radius 1 is 1.33 bits per heavy atom. The maximum absolute atomic E-state index is 11.7. The van der Waals surface area contributed by atoms with Crippen LogP contribution < -0.4 is 0 Å². The summed E-state index contributed by atoms with van der Waals surface area (Å²) in [5.74, 6) is 0.419. The number of ether oxygens (including phenoxy) is 2. The Labute approximate surface area is 91.1 Å². The number of hydrogen-bond donors (Lipinski definition) is 0. The van der Waals surface area contributed by atoms with Crippen LogP contribution in [0.25, 0.3) is 0 Å². The lowest BCUT2D eigenvalue weighted by molar-refractivity contribution is -0.147. The number of rotatable bonds is 4. The smallest absolute Gasteiger partial charge is 0.312 e. The van der Waals surface area contributed by atoms with Crippen LogP contribution in [0.4, 0.5) is 0 Å². The first-order chi connectivity index (χ1) is 7.26. The van der Waals surface area contributed by atoms with Crippen molar-refractivity contribution in [3.63, 3.8) is 0 Å². The van der Waals surface area contributed by atoms with Gasteiger partial charge in [-0.25, -0.2) is 0 Å². The molecule has 3 heteroatoms. The summed E-state index contributed by atoms with van der Waals surface area (Å²) < 4.78 is 10.9. The van der Waals surface area contributed by atoms with E-state index in [0.717, 1.165) is 12.8 Å². The zero-order chi connectivity index (χ0) is 10.9. The lowest BCUT2D eigenvalue weighted by Gasteiger charge is -2.21. The fourth-order valence-electron chi connectivity index (χ4n) is 3.14. The van der Waals surface area contributed by atoms with E-state index in [0.29, 0.717) is 19.1 Å². The van der Waals surface area contributed by atoms with E-state index >= 15 is 0 Å². The molecule has 86 valence electrons. The SMILES string of the molecule is CCOC(=O)[C@@H]1[C@H]2CCCC[C@]21OCC. The predicted molar refractivity (Wildman–Crippen MR) is 56.4 cm³/mol. The van der Waals surface area contributed by atoms with Crippen molar-refractivity contribution in [2.45, 2.75) is 45.1 Å². The van der Waals surface area contributed by atoms with E-state index in [4.69, 9.17) is 9.47 Å². The van der Waals surface area contributed by atoms with Crippen molar-refractivity contribution >= 4 is 5.97 Å². The standard InChI is InChI=1S/C12H20O3/c1-3-14-11(13)10-9-7-5-6-8-12(9,10)15-4-2/h9-10H,3-8H2,1-2H3/t9-,10+,12+/m1/s1. The van der Waals surface area contributed by atoms with Crippen LogP contribution in [0, 0.1) is 11.8 Å². The summed E-state index contributed by atoms with van der Waals surface area (Å²) in [6.07, 6.45) is 4.58. The highest BCUT2D eigenvalue weighted by atomic mass is 16.5. The Morgan fingerprint density at radius 2 is 2.13 bits per heavy atom. The normalized spacial score (nSPS) is 38.3. The lowest BCUT2D eigenvalue weighted by atomic mass is 9.98. The van der Waals surface area contributed by atoms with Crippen molar-refractivity contribution in [3.8, 4) is 0 Å². The van der Waals surface area contributed by atoms with E-state index in [1.165, 1.54) is 12.8 Å². The summed E-state index contributed by atoms with van der Waals surface area (Å²) in [6.45, 7) is 5.04. The second-order valence-electron chi connectivity index (χ2n) is 4.47. The zero-order valence-electron chi connectivity index (χ0n) is 9.62. The molecule has 0 unspecified atom stereocenters. The van der Waals surface area contributed by atoms with Crippen LogP contribution in [-0.2, 0) is 14.3 Å². The van der Waals surface area contributed by atoms with Gasteiger partial charge in [0, 0.05) is 12.5 Å². The van der Waals surface area contributed by atoms with E-state index in [1.807, 2.05) is 13.8 Å². The van der Waals surface area contributed by atoms with Crippen LogP contribution in [0.2, 0.25) is 0 Å². The Hall–Kier alpha value is -0.570. The number of esters is 1. The average Bonchev–Trinajstić information content (AvgIpc) is 2.87. The molecule has 2 aliphatic rings. The molecule has 0 N–H and O–H groups in total. The average molecular weight is 212 g/mol. The molecular weight excluding hydrogens is 192 g/mol. The lowest BCUT2D eigenvalue weighted by Crippen LogP contribution is -2.24. The quantitative estimate of drug-likeness (QED) is 0.670. The molecule has 0 radical (unpaired) electrons. The first kappa shape index (κ1) is 10.9. The molecule has 2 aliphatic carbocycles. The highest BCUT2D eigenvalue weighted by Crippen LogP contribution is 2.61. The molecule has 0 amide bonds. The van der Waals surface area contributed by atoms with E-state index in [2.05, 4.69) is 0 Å². The van der Waals surface area contributed by atoms with Gasteiger partial charge in [0.2, 0.25) is 0 Å². The minimum absolute atomic E-state index is 0.0277. The number of carbonyl (C=O) groups excluding carboxylic acids is 1. The van der Waals surface area contributed by atoms with Gasteiger partial charge in [-0.3, -0.25) is 4.79 Å². The molecule has 3 atom stereocenters. The van der Waals surface area contributed by atoms with Crippen LogP contribution >= 0.6 is 0 Å². The summed E-state index contributed by atoms with van der Waals surface area (Å²) in [5.41, 5.74) is -0.140. The third kappa shape index (κ3) is 1.67. The van der Waals surface area contributed by atoms with Crippen LogP contribution in [0.1, 0.15) is 39.5 Å². The van der Waals surface area contributed by atoms with Crippen LogP contribution in [-0.4, -0.2) is 24.8 Å². The maximum Gasteiger partial charge on any atom is 0.312 e. The Kier molecular flexibility index (Phi) is 3.01. The summed E-state index contributed by atoms with van der Waals surface area (Å²) >= 11 is 0. The Balaban J connectivity index is 2.04. The number of hydrogen-bond acceptors (Lipinski definition) is 3. The molecule has 0 spiro atoms. The fourth-order valence-corrected chi connectivity index (χ4v) is 3.14. The third-order valence-electron chi connectivity index (χ3n) is 3.73. The van der Waals surface area contributed by atoms with Crippen LogP contribution in [0.5, 0.6) is 0 Å². The maximum atomic E-state index is 11.7. The summed E-state index contributed by atoms with van der Waals surface area (Å²) in [7, 11) is 0. The monoisotopic (exact) mass is 212 g/mol. The van der Waals surface area contributed by atoms with Gasteiger partial charge < -0.3 is 9.47 Å². The second kappa shape index (κ2) is 4.12. The van der Waals surface area contributed by atoms with E-state index in [9.17, 15) is 4.79 Å². The van der Waals surface area contributed by atoms with E-state index in [1.54, 1.807) is 0 Å². The van der Waals surface area contributed by atoms with Gasteiger partial charge in [0.05, 0.1) is 18.1 Å². The molecule has 0 aromatic carbocycles. The molecule has 0 aromatic heterocycles. The Bertz CT molecular complexity index is 247. The fraction of sp³-hybridized carbons (Fsp3) is 0.917. The largest absolute Gasteiger partial charge is 0.466 e. The topological polar surface area (TPSA) is 35.5 Å². The van der Waals surface area contributed by atoms with Crippen molar-refractivity contribution in [1.29, 1.82) is 0 Å². The van der Waals surface area contributed by atoms with Gasteiger partial charge in [-0.1, -0.05) is 12.8 Å². The minimum atomic E-state index is -0.140. The van der Waals surface area contributed by atoms with E-state index < -0.39 is 0 Å². The highest BCUT2D eigenvalue weighted by molar-refractivity contribution is 5.79. The summed E-state index contributed by atoms with van der Waals surface area (Å²) in [4.78, 5) is 11.7. The first-order valence-corrected chi connectivity index (χ1v) is 6.07. The molecule has 2 fully saturated rings. The molecule has 2 rings (SSSR count). The van der Waals surface area contributed by atoms with Crippen LogP contribution in [0.15, 0.2) is 0 Å². The van der Waals surface area contributed by atoms with Gasteiger partial charge in [-0.05, 0) is 26.7 Å². The summed E-state index contributed by atoms with van der Waals surface area (Å²) in [5, 5.41) is 0. The number of carbonyl (C=O) groups is 1. The molecule has 0 bridgehead atoms. The molecule has 2 saturated carbocycles. The van der Waals surface area contributed by atoms with Crippen molar-refractivity contribution in [3.05, 3.63) is 0 Å². The third-order valence-corrected chi connectivity index (χ3v) is 3.73. The van der Waals surface area contributed by atoms with Crippen molar-refractivity contribution in [1.82, 2.24) is 0 Å². The van der Waals surface area contributed by atoms with Crippen molar-refractivity contribution in [2.75, 3.05) is 13.2 Å². The van der Waals surface area contributed by atoms with Crippen LogP contribution in [0.3, 0.4) is 0 Å². The van der Waals surface area contributed by atoms with Gasteiger partial charge >= 0.3 is 5.97 Å². The molecule has 3 nitrogen and oxygen atoms in total. The molecule has 0 aromatic rings. The van der Waals surface area contributed by atoms with Gasteiger partial charge in [0.1, 0.15) is 0 Å². The van der Waals surface area contributed by atoms with Gasteiger partial charge in [0.25, 0.3) is 0 Å². The van der Waals surface area contributed by atoms with E-state index in [-0.39, 0.29) is 17.5 Å². The van der Waals surface area contributed by atoms with Crippen molar-refractivity contribution < 1.29 is 14.3 Å². The molecular formula is C12H20O3. The predicted octanol–water partition coefficient (Wildman–Crippen LogP) is 2.14. The summed E-state index contributed by atoms with van der Waals surface area (Å²) in [6, 6.07) is 0. The Morgan fingerprint density at radius 3 is 2.80 bits per heavy atom. The first-order valence-electron chi connectivity index (χ1n) is 6.07. The molecule has 0 saturated heterocycles. The van der Waals surface area contributed by atoms with Crippen molar-refractivity contribution in [2.24, 2.45) is 11.8 Å². The zero-order valence-corrected chi connectivity index (χ0v) is 9.62. The second-order valence-corrected chi connectivity index (χ2v) is 4.47. The number of fused-ring (bicyclic) bond motifs is 1.